The van der Waals surface area contributed by atoms with Crippen LogP contribution in [0.1, 0.15) is 24.3 Å². The molecule has 0 atom stereocenters. The van der Waals surface area contributed by atoms with Crippen LogP contribution in [-0.2, 0) is 0 Å². The van der Waals surface area contributed by atoms with Gasteiger partial charge in [-0.15, -0.1) is 11.3 Å². The van der Waals surface area contributed by atoms with Gasteiger partial charge in [-0.2, -0.15) is 0 Å². The molecule has 0 saturated heterocycles. The summed E-state index contributed by atoms with van der Waals surface area (Å²) >= 11 is 1.40. The molecular weight excluding hydrogens is 260 g/mol. The van der Waals surface area contributed by atoms with E-state index in [0.717, 1.165) is 5.69 Å². The zero-order valence-corrected chi connectivity index (χ0v) is 11.7. The molecule has 0 aromatic carbocycles. The third kappa shape index (κ3) is 4.03. The number of carbonyl (C=O) groups is 1. The van der Waals surface area contributed by atoms with Crippen LogP contribution in [0.2, 0.25) is 0 Å². The minimum Gasteiger partial charge on any atom is -0.350 e. The highest BCUT2D eigenvalue weighted by Crippen LogP contribution is 2.20. The lowest BCUT2D eigenvalue weighted by Gasteiger charge is -2.05. The van der Waals surface area contributed by atoms with Crippen molar-refractivity contribution < 1.29 is 4.79 Å². The van der Waals surface area contributed by atoms with Gasteiger partial charge in [0, 0.05) is 18.1 Å². The first-order valence-electron chi connectivity index (χ1n) is 6.06. The standard InChI is InChI=1S/C13H16N4OS/c1-9(2)6-15-12(18)11-8-19-13(17-11)16-10-4-3-5-14-7-10/h3-5,7-9H,6H2,1-2H3,(H,15,18)(H,16,17). The quantitative estimate of drug-likeness (QED) is 0.881. The Labute approximate surface area is 116 Å². The highest BCUT2D eigenvalue weighted by molar-refractivity contribution is 7.14. The average Bonchev–Trinajstić information content (AvgIpc) is 2.85. The summed E-state index contributed by atoms with van der Waals surface area (Å²) in [5.41, 5.74) is 1.29. The highest BCUT2D eigenvalue weighted by Gasteiger charge is 2.10. The largest absolute Gasteiger partial charge is 0.350 e. The predicted octanol–water partition coefficient (Wildman–Crippen LogP) is 2.67. The Morgan fingerprint density at radius 3 is 3.00 bits per heavy atom. The maximum atomic E-state index is 11.8. The molecule has 2 rings (SSSR count). The molecule has 6 heteroatoms. The minimum absolute atomic E-state index is 0.135. The van der Waals surface area contributed by atoms with Crippen molar-refractivity contribution in [3.63, 3.8) is 0 Å². The molecule has 0 radical (unpaired) electrons. The molecule has 0 aliphatic carbocycles. The van der Waals surface area contributed by atoms with Crippen molar-refractivity contribution >= 4 is 28.1 Å². The summed E-state index contributed by atoms with van der Waals surface area (Å²) in [6, 6.07) is 3.74. The van der Waals surface area contributed by atoms with E-state index in [-0.39, 0.29) is 5.91 Å². The Morgan fingerprint density at radius 2 is 2.32 bits per heavy atom. The number of thiazole rings is 1. The number of hydrogen-bond donors (Lipinski definition) is 2. The molecule has 2 N–H and O–H groups in total. The van der Waals surface area contributed by atoms with Gasteiger partial charge >= 0.3 is 0 Å². The number of nitrogens with zero attached hydrogens (tertiary/aromatic N) is 2. The molecule has 0 saturated carbocycles. The van der Waals surface area contributed by atoms with E-state index >= 15 is 0 Å². The van der Waals surface area contributed by atoms with E-state index in [2.05, 4.69) is 34.4 Å². The maximum Gasteiger partial charge on any atom is 0.270 e. The van der Waals surface area contributed by atoms with Crippen molar-refractivity contribution in [1.29, 1.82) is 0 Å². The molecule has 2 heterocycles. The second-order valence-corrected chi connectivity index (χ2v) is 5.37. The van der Waals surface area contributed by atoms with Gasteiger partial charge in [0.1, 0.15) is 5.69 Å². The summed E-state index contributed by atoms with van der Waals surface area (Å²) in [5, 5.41) is 8.38. The molecule has 0 aliphatic rings. The van der Waals surface area contributed by atoms with Crippen LogP contribution < -0.4 is 10.6 Å². The predicted molar refractivity (Wildman–Crippen MR) is 76.8 cm³/mol. The fraction of sp³-hybridized carbons (Fsp3) is 0.308. The average molecular weight is 276 g/mol. The van der Waals surface area contributed by atoms with Crippen molar-refractivity contribution in [3.05, 3.63) is 35.6 Å². The fourth-order valence-corrected chi connectivity index (χ4v) is 2.09. The van der Waals surface area contributed by atoms with Crippen molar-refractivity contribution in [2.75, 3.05) is 11.9 Å². The number of aromatic nitrogens is 2. The molecule has 0 unspecified atom stereocenters. The van der Waals surface area contributed by atoms with Gasteiger partial charge in [-0.05, 0) is 18.1 Å². The summed E-state index contributed by atoms with van der Waals surface area (Å²) < 4.78 is 0. The molecule has 2 aromatic rings. The first-order valence-corrected chi connectivity index (χ1v) is 6.94. The first kappa shape index (κ1) is 13.5. The second-order valence-electron chi connectivity index (χ2n) is 4.51. The Morgan fingerprint density at radius 1 is 1.47 bits per heavy atom. The molecule has 2 aromatic heterocycles. The zero-order valence-electron chi connectivity index (χ0n) is 10.9. The van der Waals surface area contributed by atoms with Gasteiger partial charge in [-0.1, -0.05) is 13.8 Å². The first-order chi connectivity index (χ1) is 9.15. The van der Waals surface area contributed by atoms with Gasteiger partial charge < -0.3 is 10.6 Å². The molecule has 1 amide bonds. The van der Waals surface area contributed by atoms with Crippen LogP contribution in [0.15, 0.2) is 29.9 Å². The van der Waals surface area contributed by atoms with Gasteiger partial charge in [0.25, 0.3) is 5.91 Å². The van der Waals surface area contributed by atoms with E-state index in [9.17, 15) is 4.79 Å². The number of pyridine rings is 1. The monoisotopic (exact) mass is 276 g/mol. The van der Waals surface area contributed by atoms with Crippen molar-refractivity contribution in [2.24, 2.45) is 5.92 Å². The van der Waals surface area contributed by atoms with Gasteiger partial charge in [0.05, 0.1) is 11.9 Å². The van der Waals surface area contributed by atoms with E-state index in [1.54, 1.807) is 17.8 Å². The van der Waals surface area contributed by atoms with Gasteiger partial charge in [0.2, 0.25) is 0 Å². The maximum absolute atomic E-state index is 11.8. The van der Waals surface area contributed by atoms with Crippen molar-refractivity contribution in [3.8, 4) is 0 Å². The normalized spacial score (nSPS) is 10.5. The van der Waals surface area contributed by atoms with Crippen LogP contribution in [0.5, 0.6) is 0 Å². The number of nitrogens with one attached hydrogen (secondary N) is 2. The molecule has 100 valence electrons. The Bertz CT molecular complexity index is 539. The van der Waals surface area contributed by atoms with Crippen LogP contribution in [0, 0.1) is 5.92 Å². The van der Waals surface area contributed by atoms with E-state index < -0.39 is 0 Å². The van der Waals surface area contributed by atoms with Gasteiger partial charge in [0.15, 0.2) is 5.13 Å². The van der Waals surface area contributed by atoms with Crippen LogP contribution in [0.3, 0.4) is 0 Å². The van der Waals surface area contributed by atoms with Gasteiger partial charge in [-0.25, -0.2) is 4.98 Å². The highest BCUT2D eigenvalue weighted by atomic mass is 32.1. The van der Waals surface area contributed by atoms with Crippen molar-refractivity contribution in [1.82, 2.24) is 15.3 Å². The summed E-state index contributed by atoms with van der Waals surface area (Å²) in [6.07, 6.45) is 3.41. The number of carbonyl (C=O) groups excluding carboxylic acids is 1. The Kier molecular flexibility index (Phi) is 4.46. The lowest BCUT2D eigenvalue weighted by Crippen LogP contribution is -2.27. The lowest BCUT2D eigenvalue weighted by atomic mass is 10.2. The second kappa shape index (κ2) is 6.29. The van der Waals surface area contributed by atoms with E-state index in [1.165, 1.54) is 11.3 Å². The molecular formula is C13H16N4OS. The topological polar surface area (TPSA) is 66.9 Å². The fourth-order valence-electron chi connectivity index (χ4n) is 1.38. The zero-order chi connectivity index (χ0) is 13.7. The van der Waals surface area contributed by atoms with E-state index in [4.69, 9.17) is 0 Å². The third-order valence-corrected chi connectivity index (χ3v) is 3.08. The van der Waals surface area contributed by atoms with Crippen LogP contribution >= 0.6 is 11.3 Å². The Hall–Kier alpha value is -1.95. The Balaban J connectivity index is 1.97. The lowest BCUT2D eigenvalue weighted by molar-refractivity contribution is 0.0945. The van der Waals surface area contributed by atoms with Gasteiger partial charge in [-0.3, -0.25) is 9.78 Å². The summed E-state index contributed by atoms with van der Waals surface area (Å²) in [4.78, 5) is 20.1. The van der Waals surface area contributed by atoms with E-state index in [0.29, 0.717) is 23.3 Å². The summed E-state index contributed by atoms with van der Waals surface area (Å²) in [7, 11) is 0. The molecule has 19 heavy (non-hydrogen) atoms. The number of amides is 1. The SMILES string of the molecule is CC(C)CNC(=O)c1csc(Nc2cccnc2)n1. The summed E-state index contributed by atoms with van der Waals surface area (Å²) in [6.45, 7) is 4.76. The molecule has 0 fully saturated rings. The van der Waals surface area contributed by atoms with Crippen LogP contribution in [0.4, 0.5) is 10.8 Å². The summed E-state index contributed by atoms with van der Waals surface area (Å²) in [5.74, 6) is 0.291. The minimum atomic E-state index is -0.135. The smallest absolute Gasteiger partial charge is 0.270 e. The molecule has 0 aliphatic heterocycles. The third-order valence-electron chi connectivity index (χ3n) is 2.32. The molecule has 5 nitrogen and oxygen atoms in total. The number of anilines is 2. The molecule has 0 spiro atoms. The number of hydrogen-bond acceptors (Lipinski definition) is 5. The molecule has 0 bridgehead atoms. The number of rotatable bonds is 5. The van der Waals surface area contributed by atoms with E-state index in [1.807, 2.05) is 12.1 Å². The van der Waals surface area contributed by atoms with Crippen LogP contribution in [0.25, 0.3) is 0 Å². The van der Waals surface area contributed by atoms with Crippen LogP contribution in [-0.4, -0.2) is 22.4 Å². The van der Waals surface area contributed by atoms with Crippen molar-refractivity contribution in [2.45, 2.75) is 13.8 Å².